The second-order valence-corrected chi connectivity index (χ2v) is 5.11. The van der Waals surface area contributed by atoms with Crippen molar-refractivity contribution >= 4 is 23.2 Å². The Balaban J connectivity index is 2.25. The molecular weight excluding hydrogens is 318 g/mol. The van der Waals surface area contributed by atoms with Gasteiger partial charge < -0.3 is 14.6 Å². The molecule has 0 heterocycles. The molecule has 0 fully saturated rings. The van der Waals surface area contributed by atoms with Crippen LogP contribution in [0, 0.1) is 5.82 Å². The molecule has 3 nitrogen and oxygen atoms in total. The molecule has 21 heavy (non-hydrogen) atoms. The molecule has 0 saturated carbocycles. The highest BCUT2D eigenvalue weighted by Gasteiger charge is 2.13. The smallest absolute Gasteiger partial charge is 0.180 e. The minimum atomic E-state index is -0.397. The monoisotopic (exact) mass is 330 g/mol. The Labute approximate surface area is 131 Å². The maximum Gasteiger partial charge on any atom is 0.180 e. The number of methoxy groups -OCH3 is 1. The molecule has 0 aromatic heterocycles. The average molecular weight is 331 g/mol. The Hall–Kier alpha value is -1.49. The lowest BCUT2D eigenvalue weighted by atomic mass is 10.2. The zero-order chi connectivity index (χ0) is 15.4. The number of aliphatic hydroxyl groups excluding tert-OH is 1. The normalized spacial score (nSPS) is 10.5. The van der Waals surface area contributed by atoms with Crippen molar-refractivity contribution in [3.8, 4) is 11.5 Å². The van der Waals surface area contributed by atoms with Gasteiger partial charge >= 0.3 is 0 Å². The maximum absolute atomic E-state index is 13.2. The number of hydrogen-bond acceptors (Lipinski definition) is 3. The number of rotatable bonds is 5. The molecule has 112 valence electrons. The van der Waals surface area contributed by atoms with E-state index in [1.54, 1.807) is 12.1 Å². The molecule has 2 rings (SSSR count). The second-order valence-electron chi connectivity index (χ2n) is 4.29. The van der Waals surface area contributed by atoms with E-state index in [0.717, 1.165) is 0 Å². The van der Waals surface area contributed by atoms with Crippen LogP contribution in [0.3, 0.4) is 0 Å². The molecule has 6 heteroatoms. The van der Waals surface area contributed by atoms with Gasteiger partial charge in [0, 0.05) is 10.6 Å². The van der Waals surface area contributed by atoms with Crippen molar-refractivity contribution in [1.82, 2.24) is 0 Å². The number of halogens is 3. The third-order valence-corrected chi connectivity index (χ3v) is 3.50. The molecule has 0 amide bonds. The van der Waals surface area contributed by atoms with Crippen LogP contribution in [0.2, 0.25) is 10.0 Å². The van der Waals surface area contributed by atoms with E-state index in [1.165, 1.54) is 25.3 Å². The maximum atomic E-state index is 13.2. The predicted molar refractivity (Wildman–Crippen MR) is 79.7 cm³/mol. The topological polar surface area (TPSA) is 38.7 Å². The fraction of sp³-hybridized carbons (Fsp3) is 0.200. The zero-order valence-electron chi connectivity index (χ0n) is 11.2. The third-order valence-electron chi connectivity index (χ3n) is 2.85. The van der Waals surface area contributed by atoms with E-state index in [4.69, 9.17) is 37.8 Å². The van der Waals surface area contributed by atoms with Crippen LogP contribution in [0.15, 0.2) is 30.3 Å². The van der Waals surface area contributed by atoms with Gasteiger partial charge in [0.15, 0.2) is 11.5 Å². The summed E-state index contributed by atoms with van der Waals surface area (Å²) in [6.07, 6.45) is 0. The van der Waals surface area contributed by atoms with Crippen molar-refractivity contribution in [3.63, 3.8) is 0 Å². The van der Waals surface area contributed by atoms with Crippen molar-refractivity contribution in [2.45, 2.75) is 13.2 Å². The van der Waals surface area contributed by atoms with Gasteiger partial charge in [-0.05, 0) is 35.9 Å². The van der Waals surface area contributed by atoms with Gasteiger partial charge in [0.2, 0.25) is 0 Å². The molecule has 0 radical (unpaired) electrons. The van der Waals surface area contributed by atoms with Crippen molar-refractivity contribution in [1.29, 1.82) is 0 Å². The number of aliphatic hydroxyl groups is 1. The molecule has 0 saturated heterocycles. The highest BCUT2D eigenvalue weighted by molar-refractivity contribution is 6.32. The van der Waals surface area contributed by atoms with Crippen LogP contribution in [-0.4, -0.2) is 12.2 Å². The molecule has 0 aliphatic carbocycles. The van der Waals surface area contributed by atoms with Crippen LogP contribution in [-0.2, 0) is 13.2 Å². The minimum absolute atomic E-state index is 0.0468. The van der Waals surface area contributed by atoms with Gasteiger partial charge in [-0.3, -0.25) is 0 Å². The molecule has 0 atom stereocenters. The first-order valence-corrected chi connectivity index (χ1v) is 6.84. The van der Waals surface area contributed by atoms with Gasteiger partial charge in [-0.15, -0.1) is 0 Å². The molecule has 0 unspecified atom stereocenters. The lowest BCUT2D eigenvalue weighted by Gasteiger charge is -2.14. The average Bonchev–Trinajstić information content (AvgIpc) is 2.48. The number of hydrogen-bond donors (Lipinski definition) is 1. The fourth-order valence-electron chi connectivity index (χ4n) is 1.81. The van der Waals surface area contributed by atoms with Crippen LogP contribution < -0.4 is 9.47 Å². The van der Waals surface area contributed by atoms with Crippen LogP contribution in [0.25, 0.3) is 0 Å². The van der Waals surface area contributed by atoms with Crippen LogP contribution in [0.1, 0.15) is 11.1 Å². The van der Waals surface area contributed by atoms with Crippen molar-refractivity contribution in [2.24, 2.45) is 0 Å². The Morgan fingerprint density at radius 1 is 1.14 bits per heavy atom. The Bertz CT molecular complexity index is 647. The van der Waals surface area contributed by atoms with Gasteiger partial charge in [-0.1, -0.05) is 23.2 Å². The summed E-state index contributed by atoms with van der Waals surface area (Å²) < 4.78 is 24.0. The SMILES string of the molecule is COc1cc(CO)cc(Cl)c1OCc1cc(F)ccc1Cl. The van der Waals surface area contributed by atoms with E-state index in [9.17, 15) is 4.39 Å². The lowest BCUT2D eigenvalue weighted by molar-refractivity contribution is 0.274. The predicted octanol–water partition coefficient (Wildman–Crippen LogP) is 4.21. The van der Waals surface area contributed by atoms with Gasteiger partial charge in [-0.2, -0.15) is 0 Å². The first-order valence-electron chi connectivity index (χ1n) is 6.09. The van der Waals surface area contributed by atoms with E-state index in [1.807, 2.05) is 0 Å². The summed E-state index contributed by atoms with van der Waals surface area (Å²) in [5, 5.41) is 9.83. The summed E-state index contributed by atoms with van der Waals surface area (Å²) in [6, 6.07) is 7.23. The van der Waals surface area contributed by atoms with E-state index in [-0.39, 0.29) is 13.2 Å². The molecular formula is C15H13Cl2FO3. The zero-order valence-corrected chi connectivity index (χ0v) is 12.7. The Kier molecular flexibility index (Phi) is 5.28. The van der Waals surface area contributed by atoms with Crippen molar-refractivity contribution in [2.75, 3.05) is 7.11 Å². The number of benzene rings is 2. The summed E-state index contributed by atoms with van der Waals surface area (Å²) in [5.74, 6) is 0.308. The standard InChI is InChI=1S/C15H13Cl2FO3/c1-20-14-5-9(7-19)4-13(17)15(14)21-8-10-6-11(18)2-3-12(10)16/h2-6,19H,7-8H2,1H3. The molecule has 0 spiro atoms. The summed E-state index contributed by atoms with van der Waals surface area (Å²) in [5.41, 5.74) is 1.11. The summed E-state index contributed by atoms with van der Waals surface area (Å²) >= 11 is 12.1. The van der Waals surface area contributed by atoms with Crippen molar-refractivity contribution in [3.05, 3.63) is 57.3 Å². The van der Waals surface area contributed by atoms with E-state index < -0.39 is 5.82 Å². The summed E-state index contributed by atoms with van der Waals surface area (Å²) in [6.45, 7) is -0.114. The minimum Gasteiger partial charge on any atom is -0.493 e. The van der Waals surface area contributed by atoms with Gasteiger partial charge in [0.05, 0.1) is 18.7 Å². The van der Waals surface area contributed by atoms with Gasteiger partial charge in [0.25, 0.3) is 0 Å². The largest absolute Gasteiger partial charge is 0.493 e. The Morgan fingerprint density at radius 2 is 1.90 bits per heavy atom. The Morgan fingerprint density at radius 3 is 2.57 bits per heavy atom. The summed E-state index contributed by atoms with van der Waals surface area (Å²) in [7, 11) is 1.47. The first kappa shape index (κ1) is 15.9. The van der Waals surface area contributed by atoms with Crippen LogP contribution in [0.5, 0.6) is 11.5 Å². The first-order chi connectivity index (χ1) is 10.0. The molecule has 0 aliphatic heterocycles. The highest BCUT2D eigenvalue weighted by Crippen LogP contribution is 2.37. The lowest BCUT2D eigenvalue weighted by Crippen LogP contribution is -2.00. The molecule has 0 aliphatic rings. The fourth-order valence-corrected chi connectivity index (χ4v) is 2.27. The molecule has 2 aromatic rings. The van der Waals surface area contributed by atoms with Crippen LogP contribution >= 0.6 is 23.2 Å². The highest BCUT2D eigenvalue weighted by atomic mass is 35.5. The quantitative estimate of drug-likeness (QED) is 0.892. The summed E-state index contributed by atoms with van der Waals surface area (Å²) in [4.78, 5) is 0. The third kappa shape index (κ3) is 3.79. The van der Waals surface area contributed by atoms with E-state index in [0.29, 0.717) is 32.7 Å². The van der Waals surface area contributed by atoms with Gasteiger partial charge in [0.1, 0.15) is 12.4 Å². The van der Waals surface area contributed by atoms with E-state index >= 15 is 0 Å². The van der Waals surface area contributed by atoms with Crippen LogP contribution in [0.4, 0.5) is 4.39 Å². The number of ether oxygens (including phenoxy) is 2. The van der Waals surface area contributed by atoms with Crippen molar-refractivity contribution < 1.29 is 19.0 Å². The second kappa shape index (κ2) is 6.98. The molecule has 2 aromatic carbocycles. The van der Waals surface area contributed by atoms with E-state index in [2.05, 4.69) is 0 Å². The van der Waals surface area contributed by atoms with Gasteiger partial charge in [-0.25, -0.2) is 4.39 Å². The molecule has 0 bridgehead atoms. The molecule has 1 N–H and O–H groups in total.